The summed E-state index contributed by atoms with van der Waals surface area (Å²) in [6.45, 7) is 8.03. The highest BCUT2D eigenvalue weighted by Gasteiger charge is 2.34. The van der Waals surface area contributed by atoms with E-state index in [1.165, 1.54) is 0 Å². The van der Waals surface area contributed by atoms with Crippen LogP contribution >= 0.6 is 0 Å². The Morgan fingerprint density at radius 3 is 2.72 bits per heavy atom. The number of aliphatic hydroxyl groups is 1. The summed E-state index contributed by atoms with van der Waals surface area (Å²) >= 11 is 0. The van der Waals surface area contributed by atoms with Crippen LogP contribution in [0.2, 0.25) is 0 Å². The lowest BCUT2D eigenvalue weighted by Crippen LogP contribution is -2.48. The molecule has 1 rings (SSSR count). The lowest BCUT2D eigenvalue weighted by Gasteiger charge is -2.23. The molecule has 0 aromatic heterocycles. The highest BCUT2D eigenvalue weighted by molar-refractivity contribution is 5.80. The fraction of sp³-hybridized carbons (Fsp3) is 0.923. The van der Waals surface area contributed by atoms with Gasteiger partial charge in [-0.05, 0) is 18.9 Å². The molecule has 3 atom stereocenters. The van der Waals surface area contributed by atoms with Crippen molar-refractivity contribution in [3.8, 4) is 0 Å². The van der Waals surface area contributed by atoms with Gasteiger partial charge in [0, 0.05) is 6.04 Å². The van der Waals surface area contributed by atoms with Crippen LogP contribution in [-0.4, -0.2) is 49.5 Å². The summed E-state index contributed by atoms with van der Waals surface area (Å²) in [6, 6.07) is -0.0613. The van der Waals surface area contributed by atoms with Gasteiger partial charge in [0.1, 0.15) is 0 Å². The summed E-state index contributed by atoms with van der Waals surface area (Å²) in [6.07, 6.45) is 0.793. The molecule has 1 fully saturated rings. The fourth-order valence-corrected chi connectivity index (χ4v) is 2.33. The number of hydrogen-bond donors (Lipinski definition) is 3. The van der Waals surface area contributed by atoms with Gasteiger partial charge < -0.3 is 20.5 Å². The topological polar surface area (TPSA) is 70.6 Å². The van der Waals surface area contributed by atoms with Gasteiger partial charge in [-0.15, -0.1) is 0 Å². The van der Waals surface area contributed by atoms with Crippen molar-refractivity contribution in [1.29, 1.82) is 0 Å². The molecule has 0 spiro atoms. The molecule has 0 aliphatic carbocycles. The normalized spacial score (nSPS) is 25.4. The molecule has 106 valence electrons. The summed E-state index contributed by atoms with van der Waals surface area (Å²) in [5.41, 5.74) is 0. The summed E-state index contributed by atoms with van der Waals surface area (Å²) < 4.78 is 5.35. The van der Waals surface area contributed by atoms with Gasteiger partial charge in [0.25, 0.3) is 0 Å². The van der Waals surface area contributed by atoms with Crippen LogP contribution in [0.1, 0.15) is 27.2 Å². The third kappa shape index (κ3) is 4.55. The van der Waals surface area contributed by atoms with Crippen molar-refractivity contribution in [2.45, 2.75) is 39.3 Å². The number of rotatable bonds is 7. The minimum atomic E-state index is -0.152. The second kappa shape index (κ2) is 7.71. The van der Waals surface area contributed by atoms with Gasteiger partial charge >= 0.3 is 0 Å². The van der Waals surface area contributed by atoms with Crippen LogP contribution in [0.25, 0.3) is 0 Å². The number of aliphatic hydroxyl groups excluding tert-OH is 1. The summed E-state index contributed by atoms with van der Waals surface area (Å²) in [5, 5.41) is 15.5. The molecule has 3 N–H and O–H groups in total. The standard InChI is InChI=1S/C13H26N2O3/c1-4-14-12-8-18-7-11(12)13(17)15-10(6-16)5-9(2)3/h9-12,14,16H,4-8H2,1-3H3,(H,15,17). The number of nitrogens with one attached hydrogen (secondary N) is 2. The third-order valence-corrected chi connectivity index (χ3v) is 3.21. The first-order valence-electron chi connectivity index (χ1n) is 6.80. The van der Waals surface area contributed by atoms with E-state index in [2.05, 4.69) is 24.5 Å². The Balaban J connectivity index is 2.47. The minimum absolute atomic E-state index is 0.0105. The van der Waals surface area contributed by atoms with Gasteiger partial charge in [-0.3, -0.25) is 4.79 Å². The summed E-state index contributed by atoms with van der Waals surface area (Å²) in [5.74, 6) is 0.288. The molecule has 0 saturated carbocycles. The molecule has 5 nitrogen and oxygen atoms in total. The van der Waals surface area contributed by atoms with Gasteiger partial charge in [0.05, 0.1) is 31.8 Å². The number of hydrogen-bond acceptors (Lipinski definition) is 4. The van der Waals surface area contributed by atoms with Gasteiger partial charge in [0.15, 0.2) is 0 Å². The maximum Gasteiger partial charge on any atom is 0.227 e. The van der Waals surface area contributed by atoms with Crippen molar-refractivity contribution >= 4 is 5.91 Å². The fourth-order valence-electron chi connectivity index (χ4n) is 2.33. The second-order valence-corrected chi connectivity index (χ2v) is 5.33. The van der Waals surface area contributed by atoms with Crippen molar-refractivity contribution < 1.29 is 14.6 Å². The maximum atomic E-state index is 12.1. The van der Waals surface area contributed by atoms with Gasteiger partial charge in [-0.2, -0.15) is 0 Å². The first-order valence-corrected chi connectivity index (χ1v) is 6.80. The molecule has 18 heavy (non-hydrogen) atoms. The average Bonchev–Trinajstić information content (AvgIpc) is 2.76. The largest absolute Gasteiger partial charge is 0.394 e. The molecule has 5 heteroatoms. The van der Waals surface area contributed by atoms with Crippen LogP contribution in [0.3, 0.4) is 0 Å². The molecular formula is C13H26N2O3. The number of ether oxygens (including phenoxy) is 1. The van der Waals surface area contributed by atoms with E-state index in [0.29, 0.717) is 19.1 Å². The highest BCUT2D eigenvalue weighted by atomic mass is 16.5. The number of carbonyl (C=O) groups excluding carboxylic acids is 1. The molecule has 0 bridgehead atoms. The summed E-state index contributed by atoms with van der Waals surface area (Å²) in [4.78, 5) is 12.1. The Labute approximate surface area is 109 Å². The van der Waals surface area contributed by atoms with Crippen molar-refractivity contribution in [3.05, 3.63) is 0 Å². The minimum Gasteiger partial charge on any atom is -0.394 e. The Kier molecular flexibility index (Phi) is 6.60. The maximum absolute atomic E-state index is 12.1. The van der Waals surface area contributed by atoms with Crippen LogP contribution in [0.5, 0.6) is 0 Å². The van der Waals surface area contributed by atoms with E-state index in [4.69, 9.17) is 4.74 Å². The van der Waals surface area contributed by atoms with Gasteiger partial charge in [0.2, 0.25) is 5.91 Å². The lowest BCUT2D eigenvalue weighted by molar-refractivity contribution is -0.126. The van der Waals surface area contributed by atoms with Crippen LogP contribution in [-0.2, 0) is 9.53 Å². The average molecular weight is 258 g/mol. The van der Waals surface area contributed by atoms with E-state index in [-0.39, 0.29) is 30.5 Å². The zero-order chi connectivity index (χ0) is 13.5. The highest BCUT2D eigenvalue weighted by Crippen LogP contribution is 2.15. The first kappa shape index (κ1) is 15.4. The van der Waals surface area contributed by atoms with Crippen LogP contribution < -0.4 is 10.6 Å². The van der Waals surface area contributed by atoms with Crippen LogP contribution in [0, 0.1) is 11.8 Å². The third-order valence-electron chi connectivity index (χ3n) is 3.21. The first-order chi connectivity index (χ1) is 8.58. The lowest BCUT2D eigenvalue weighted by atomic mass is 10.00. The molecule has 0 aromatic carbocycles. The monoisotopic (exact) mass is 258 g/mol. The zero-order valence-corrected chi connectivity index (χ0v) is 11.6. The van der Waals surface area contributed by atoms with Gasteiger partial charge in [-0.1, -0.05) is 20.8 Å². The Bertz CT molecular complexity index is 259. The van der Waals surface area contributed by atoms with Crippen molar-refractivity contribution in [2.75, 3.05) is 26.4 Å². The van der Waals surface area contributed by atoms with Crippen LogP contribution in [0.15, 0.2) is 0 Å². The van der Waals surface area contributed by atoms with Crippen molar-refractivity contribution in [3.63, 3.8) is 0 Å². The zero-order valence-electron chi connectivity index (χ0n) is 11.6. The SMILES string of the molecule is CCNC1COCC1C(=O)NC(CO)CC(C)C. The Hall–Kier alpha value is -0.650. The molecule has 1 amide bonds. The predicted molar refractivity (Wildman–Crippen MR) is 70.2 cm³/mol. The Morgan fingerprint density at radius 2 is 2.17 bits per heavy atom. The Morgan fingerprint density at radius 1 is 1.44 bits per heavy atom. The quantitative estimate of drug-likeness (QED) is 0.607. The van der Waals surface area contributed by atoms with E-state index < -0.39 is 0 Å². The molecule has 1 saturated heterocycles. The molecule has 1 aliphatic rings. The number of carbonyl (C=O) groups is 1. The number of likely N-dealkylation sites (N-methyl/N-ethyl adjacent to an activating group) is 1. The second-order valence-electron chi connectivity index (χ2n) is 5.33. The van der Waals surface area contributed by atoms with E-state index >= 15 is 0 Å². The smallest absolute Gasteiger partial charge is 0.227 e. The molecular weight excluding hydrogens is 232 g/mol. The van der Waals surface area contributed by atoms with Crippen molar-refractivity contribution in [2.24, 2.45) is 11.8 Å². The molecule has 0 aromatic rings. The van der Waals surface area contributed by atoms with Gasteiger partial charge in [-0.25, -0.2) is 0 Å². The van der Waals surface area contributed by atoms with E-state index in [0.717, 1.165) is 13.0 Å². The van der Waals surface area contributed by atoms with Crippen LogP contribution in [0.4, 0.5) is 0 Å². The molecule has 3 unspecified atom stereocenters. The van der Waals surface area contributed by atoms with Crippen molar-refractivity contribution in [1.82, 2.24) is 10.6 Å². The van der Waals surface area contributed by atoms with E-state index in [9.17, 15) is 9.90 Å². The molecule has 1 heterocycles. The molecule has 0 radical (unpaired) electrons. The van der Waals surface area contributed by atoms with E-state index in [1.807, 2.05) is 6.92 Å². The summed E-state index contributed by atoms with van der Waals surface area (Å²) in [7, 11) is 0. The predicted octanol–water partition coefficient (Wildman–Crippen LogP) is 0.134. The molecule has 1 aliphatic heterocycles. The number of amides is 1. The van der Waals surface area contributed by atoms with E-state index in [1.54, 1.807) is 0 Å².